The van der Waals surface area contributed by atoms with Gasteiger partial charge in [-0.25, -0.2) is 0 Å². The molecule has 1 aromatic heterocycles. The standard InChI is InChI=1S/C19H19NO4S/c1-14-12-16-4-3-5-18(19(16)20-13-14)25(21,22)24-17-8-6-15(7-9-17)10-11-23-2/h3-9,12-13H,10-11H2,1-2H3. The molecule has 5 nitrogen and oxygen atoms in total. The van der Waals surface area contributed by atoms with Crippen molar-refractivity contribution in [3.63, 3.8) is 0 Å². The first kappa shape index (κ1) is 17.4. The molecule has 6 heteroatoms. The Labute approximate surface area is 147 Å². The Balaban J connectivity index is 1.90. The fourth-order valence-corrected chi connectivity index (χ4v) is 3.65. The minimum Gasteiger partial charge on any atom is -0.384 e. The molecule has 3 rings (SSSR count). The van der Waals surface area contributed by atoms with Crippen LogP contribution < -0.4 is 4.18 Å². The summed E-state index contributed by atoms with van der Waals surface area (Å²) in [6, 6.07) is 13.9. The second-order valence-corrected chi connectivity index (χ2v) is 7.28. The van der Waals surface area contributed by atoms with Crippen LogP contribution in [0, 0.1) is 6.92 Å². The van der Waals surface area contributed by atoms with E-state index in [0.717, 1.165) is 22.9 Å². The van der Waals surface area contributed by atoms with Gasteiger partial charge in [-0.05, 0) is 48.7 Å². The lowest BCUT2D eigenvalue weighted by molar-refractivity contribution is 0.202. The monoisotopic (exact) mass is 357 g/mol. The van der Waals surface area contributed by atoms with Crippen LogP contribution in [-0.2, 0) is 21.3 Å². The van der Waals surface area contributed by atoms with Gasteiger partial charge in [0.25, 0.3) is 0 Å². The van der Waals surface area contributed by atoms with Crippen LogP contribution in [0.1, 0.15) is 11.1 Å². The van der Waals surface area contributed by atoms with Gasteiger partial charge in [-0.15, -0.1) is 0 Å². The lowest BCUT2D eigenvalue weighted by Crippen LogP contribution is -2.11. The van der Waals surface area contributed by atoms with Gasteiger partial charge in [-0.1, -0.05) is 24.3 Å². The first-order valence-electron chi connectivity index (χ1n) is 7.87. The fourth-order valence-electron chi connectivity index (χ4n) is 2.55. The van der Waals surface area contributed by atoms with Crippen molar-refractivity contribution >= 4 is 21.0 Å². The van der Waals surface area contributed by atoms with Crippen molar-refractivity contribution in [1.29, 1.82) is 0 Å². The van der Waals surface area contributed by atoms with Crippen molar-refractivity contribution in [3.05, 3.63) is 65.9 Å². The molecular formula is C19H19NO4S. The number of hydrogen-bond acceptors (Lipinski definition) is 5. The van der Waals surface area contributed by atoms with Crippen molar-refractivity contribution in [3.8, 4) is 5.75 Å². The molecule has 0 aliphatic carbocycles. The van der Waals surface area contributed by atoms with Gasteiger partial charge in [-0.2, -0.15) is 8.42 Å². The Morgan fingerprint density at radius 1 is 1.08 bits per heavy atom. The van der Waals surface area contributed by atoms with Crippen LogP contribution in [0.15, 0.2) is 59.6 Å². The molecule has 2 aromatic carbocycles. The number of nitrogens with zero attached hydrogens (tertiary/aromatic N) is 1. The van der Waals surface area contributed by atoms with Crippen molar-refractivity contribution in [1.82, 2.24) is 4.98 Å². The van der Waals surface area contributed by atoms with Crippen molar-refractivity contribution in [2.24, 2.45) is 0 Å². The van der Waals surface area contributed by atoms with Gasteiger partial charge >= 0.3 is 10.1 Å². The molecule has 1 heterocycles. The average Bonchev–Trinajstić information content (AvgIpc) is 2.60. The van der Waals surface area contributed by atoms with Gasteiger partial charge < -0.3 is 8.92 Å². The molecule has 0 N–H and O–H groups in total. The maximum absolute atomic E-state index is 12.7. The zero-order valence-corrected chi connectivity index (χ0v) is 14.9. The summed E-state index contributed by atoms with van der Waals surface area (Å²) in [6.45, 7) is 2.52. The molecule has 25 heavy (non-hydrogen) atoms. The normalized spacial score (nSPS) is 11.6. The van der Waals surface area contributed by atoms with Crippen LogP contribution in [0.5, 0.6) is 5.75 Å². The van der Waals surface area contributed by atoms with E-state index in [1.54, 1.807) is 31.5 Å². The number of para-hydroxylation sites is 1. The van der Waals surface area contributed by atoms with E-state index in [-0.39, 0.29) is 10.6 Å². The van der Waals surface area contributed by atoms with Crippen molar-refractivity contribution in [2.75, 3.05) is 13.7 Å². The molecule has 0 aliphatic rings. The van der Waals surface area contributed by atoms with Crippen LogP contribution >= 0.6 is 0 Å². The van der Waals surface area contributed by atoms with E-state index in [0.29, 0.717) is 12.1 Å². The molecule has 0 aliphatic heterocycles. The topological polar surface area (TPSA) is 65.5 Å². The summed E-state index contributed by atoms with van der Waals surface area (Å²) in [6.07, 6.45) is 2.40. The third-order valence-electron chi connectivity index (χ3n) is 3.80. The molecule has 3 aromatic rings. The van der Waals surface area contributed by atoms with E-state index < -0.39 is 10.1 Å². The first-order valence-corrected chi connectivity index (χ1v) is 9.28. The summed E-state index contributed by atoms with van der Waals surface area (Å²) in [5.41, 5.74) is 2.42. The number of rotatable bonds is 6. The Bertz CT molecular complexity index is 982. The molecular weight excluding hydrogens is 338 g/mol. The highest BCUT2D eigenvalue weighted by molar-refractivity contribution is 7.87. The third kappa shape index (κ3) is 3.97. The second-order valence-electron chi connectivity index (χ2n) is 5.76. The Morgan fingerprint density at radius 2 is 1.84 bits per heavy atom. The molecule has 0 bridgehead atoms. The maximum Gasteiger partial charge on any atom is 0.341 e. The van der Waals surface area contributed by atoms with Crippen LogP contribution in [0.4, 0.5) is 0 Å². The highest BCUT2D eigenvalue weighted by atomic mass is 32.2. The number of aryl methyl sites for hydroxylation is 1. The van der Waals surface area contributed by atoms with Crippen LogP contribution in [0.2, 0.25) is 0 Å². The summed E-state index contributed by atoms with van der Waals surface area (Å²) in [4.78, 5) is 4.33. The van der Waals surface area contributed by atoms with E-state index in [2.05, 4.69) is 4.98 Å². The van der Waals surface area contributed by atoms with Gasteiger partial charge in [0.1, 0.15) is 10.6 Å². The van der Waals surface area contributed by atoms with Crippen molar-refractivity contribution < 1.29 is 17.3 Å². The molecule has 0 spiro atoms. The highest BCUT2D eigenvalue weighted by Gasteiger charge is 2.20. The smallest absolute Gasteiger partial charge is 0.341 e. The number of methoxy groups -OCH3 is 1. The maximum atomic E-state index is 12.7. The number of benzene rings is 2. The predicted molar refractivity (Wildman–Crippen MR) is 96.3 cm³/mol. The Morgan fingerprint density at radius 3 is 2.56 bits per heavy atom. The summed E-state index contributed by atoms with van der Waals surface area (Å²) >= 11 is 0. The van der Waals surface area contributed by atoms with Crippen LogP contribution in [0.25, 0.3) is 10.9 Å². The molecule has 130 valence electrons. The van der Waals surface area contributed by atoms with E-state index in [1.807, 2.05) is 31.2 Å². The Kier molecular flexibility index (Phi) is 5.01. The van der Waals surface area contributed by atoms with Gasteiger partial charge in [-0.3, -0.25) is 4.98 Å². The average molecular weight is 357 g/mol. The molecule has 0 saturated heterocycles. The van der Waals surface area contributed by atoms with E-state index in [9.17, 15) is 8.42 Å². The lowest BCUT2D eigenvalue weighted by atomic mass is 10.1. The summed E-state index contributed by atoms with van der Waals surface area (Å²) in [5, 5.41) is 0.764. The lowest BCUT2D eigenvalue weighted by Gasteiger charge is -2.10. The fraction of sp³-hybridized carbons (Fsp3) is 0.211. The minimum atomic E-state index is -3.97. The summed E-state index contributed by atoms with van der Waals surface area (Å²) < 4.78 is 35.7. The first-order chi connectivity index (χ1) is 12.0. The van der Waals surface area contributed by atoms with E-state index in [1.165, 1.54) is 6.07 Å². The zero-order chi connectivity index (χ0) is 17.9. The molecule has 0 radical (unpaired) electrons. The highest BCUT2D eigenvalue weighted by Crippen LogP contribution is 2.25. The number of aromatic nitrogens is 1. The molecule has 0 amide bonds. The number of hydrogen-bond donors (Lipinski definition) is 0. The van der Waals surface area contributed by atoms with Crippen LogP contribution in [-0.4, -0.2) is 27.1 Å². The van der Waals surface area contributed by atoms with E-state index in [4.69, 9.17) is 8.92 Å². The molecule has 0 atom stereocenters. The molecule has 0 saturated carbocycles. The quantitative estimate of drug-likeness (QED) is 0.632. The SMILES string of the molecule is COCCc1ccc(OS(=O)(=O)c2cccc3cc(C)cnc23)cc1. The van der Waals surface area contributed by atoms with Gasteiger partial charge in [0.2, 0.25) is 0 Å². The molecule has 0 fully saturated rings. The largest absolute Gasteiger partial charge is 0.384 e. The minimum absolute atomic E-state index is 0.0634. The van der Waals surface area contributed by atoms with Gasteiger partial charge in [0, 0.05) is 18.7 Å². The molecule has 0 unspecified atom stereocenters. The zero-order valence-electron chi connectivity index (χ0n) is 14.1. The number of ether oxygens (including phenoxy) is 1. The summed E-state index contributed by atoms with van der Waals surface area (Å²) in [5.74, 6) is 0.269. The second kappa shape index (κ2) is 7.21. The number of pyridine rings is 1. The van der Waals surface area contributed by atoms with Gasteiger partial charge in [0.15, 0.2) is 0 Å². The number of fused-ring (bicyclic) bond motifs is 1. The predicted octanol–water partition coefficient (Wildman–Crippen LogP) is 3.50. The van der Waals surface area contributed by atoms with Crippen LogP contribution in [0.3, 0.4) is 0 Å². The van der Waals surface area contributed by atoms with Crippen molar-refractivity contribution in [2.45, 2.75) is 18.2 Å². The third-order valence-corrected chi connectivity index (χ3v) is 5.08. The van der Waals surface area contributed by atoms with Gasteiger partial charge in [0.05, 0.1) is 12.1 Å². The Hall–Kier alpha value is -2.44. The summed E-state index contributed by atoms with van der Waals surface area (Å²) in [7, 11) is -2.33. The van der Waals surface area contributed by atoms with E-state index >= 15 is 0 Å².